The number of carbonyl (C=O) groups is 1. The number of hydrogen-bond acceptors (Lipinski definition) is 3. The van der Waals surface area contributed by atoms with Crippen LogP contribution in [-0.4, -0.2) is 41.8 Å². The molecule has 0 aromatic rings. The number of rotatable bonds is 3. The van der Waals surface area contributed by atoms with Gasteiger partial charge in [0.15, 0.2) is 0 Å². The number of aldehydes is 1. The Morgan fingerprint density at radius 3 is 2.80 bits per heavy atom. The molecule has 0 spiro atoms. The van der Waals surface area contributed by atoms with E-state index in [-0.39, 0.29) is 5.41 Å². The van der Waals surface area contributed by atoms with Crippen molar-refractivity contribution in [2.24, 2.45) is 5.41 Å². The minimum Gasteiger partial charge on any atom is -0.303 e. The zero-order valence-corrected chi connectivity index (χ0v) is 10.4. The Bertz CT molecular complexity index is 226. The van der Waals surface area contributed by atoms with Crippen molar-refractivity contribution < 1.29 is 4.79 Å². The first-order chi connectivity index (χ1) is 7.26. The lowest BCUT2D eigenvalue weighted by Crippen LogP contribution is -2.46. The normalized spacial score (nSPS) is 31.7. The van der Waals surface area contributed by atoms with Crippen LogP contribution in [0, 0.1) is 5.41 Å². The molecule has 0 aromatic heterocycles. The molecule has 0 N–H and O–H groups in total. The average molecular weight is 227 g/mol. The zero-order valence-electron chi connectivity index (χ0n) is 9.58. The summed E-state index contributed by atoms with van der Waals surface area (Å²) >= 11 is 2.04. The first kappa shape index (κ1) is 11.5. The maximum atomic E-state index is 11.3. The van der Waals surface area contributed by atoms with Crippen LogP contribution >= 0.6 is 11.8 Å². The molecule has 3 heteroatoms. The molecule has 1 aliphatic carbocycles. The Morgan fingerprint density at radius 1 is 1.47 bits per heavy atom. The van der Waals surface area contributed by atoms with Crippen LogP contribution < -0.4 is 0 Å². The molecule has 1 saturated heterocycles. The highest BCUT2D eigenvalue weighted by molar-refractivity contribution is 7.99. The van der Waals surface area contributed by atoms with Crippen LogP contribution in [0.5, 0.6) is 0 Å². The number of nitrogens with zero attached hydrogens (tertiary/aromatic N) is 1. The summed E-state index contributed by atoms with van der Waals surface area (Å²) < 4.78 is 0. The second kappa shape index (κ2) is 4.88. The van der Waals surface area contributed by atoms with E-state index in [9.17, 15) is 4.79 Å². The smallest absolute Gasteiger partial charge is 0.127 e. The van der Waals surface area contributed by atoms with Gasteiger partial charge in [-0.05, 0) is 19.8 Å². The molecule has 1 unspecified atom stereocenters. The third kappa shape index (κ3) is 2.56. The van der Waals surface area contributed by atoms with Crippen molar-refractivity contribution in [3.05, 3.63) is 0 Å². The molecule has 1 heterocycles. The van der Waals surface area contributed by atoms with Crippen molar-refractivity contribution in [2.75, 3.05) is 24.6 Å². The van der Waals surface area contributed by atoms with E-state index in [1.54, 1.807) is 0 Å². The summed E-state index contributed by atoms with van der Waals surface area (Å²) in [5.41, 5.74) is 0.0102. The van der Waals surface area contributed by atoms with Crippen LogP contribution in [0.15, 0.2) is 0 Å². The van der Waals surface area contributed by atoms with Crippen LogP contribution in [0.2, 0.25) is 0 Å². The lowest BCUT2D eigenvalue weighted by atomic mass is 9.87. The summed E-state index contributed by atoms with van der Waals surface area (Å²) in [5.74, 6) is 2.47. The molecular formula is C12H21NOS. The maximum Gasteiger partial charge on any atom is 0.127 e. The fraction of sp³-hybridized carbons (Fsp3) is 0.917. The second-order valence-corrected chi connectivity index (χ2v) is 6.23. The van der Waals surface area contributed by atoms with Gasteiger partial charge < -0.3 is 4.79 Å². The monoisotopic (exact) mass is 227 g/mol. The Labute approximate surface area is 96.8 Å². The molecular weight excluding hydrogens is 206 g/mol. The molecule has 2 rings (SSSR count). The van der Waals surface area contributed by atoms with Crippen molar-refractivity contribution in [1.82, 2.24) is 4.90 Å². The third-order valence-electron chi connectivity index (χ3n) is 3.87. The van der Waals surface area contributed by atoms with Crippen LogP contribution in [0.4, 0.5) is 0 Å². The van der Waals surface area contributed by atoms with Gasteiger partial charge in [-0.25, -0.2) is 0 Å². The molecule has 2 nitrogen and oxygen atoms in total. The Hall–Kier alpha value is -0.0200. The second-order valence-electron chi connectivity index (χ2n) is 5.08. The van der Waals surface area contributed by atoms with Crippen molar-refractivity contribution in [3.63, 3.8) is 0 Å². The van der Waals surface area contributed by atoms with E-state index >= 15 is 0 Å². The average Bonchev–Trinajstić information content (AvgIpc) is 2.71. The van der Waals surface area contributed by atoms with Gasteiger partial charge >= 0.3 is 0 Å². The van der Waals surface area contributed by atoms with E-state index in [1.807, 2.05) is 11.8 Å². The fourth-order valence-corrected chi connectivity index (χ4v) is 3.88. The Morgan fingerprint density at radius 2 is 2.20 bits per heavy atom. The molecule has 0 amide bonds. The molecule has 2 fully saturated rings. The summed E-state index contributed by atoms with van der Waals surface area (Å²) in [7, 11) is 0. The standard InChI is InChI=1S/C12H21NOS/c1-11-8-15-7-6-13(11)9-12(10-14)4-2-3-5-12/h10-11H,2-9H2,1H3. The molecule has 2 aliphatic rings. The van der Waals surface area contributed by atoms with Gasteiger partial charge in [0, 0.05) is 36.1 Å². The molecule has 0 radical (unpaired) electrons. The van der Waals surface area contributed by atoms with Gasteiger partial charge in [0.1, 0.15) is 6.29 Å². The first-order valence-electron chi connectivity index (χ1n) is 6.04. The first-order valence-corrected chi connectivity index (χ1v) is 7.19. The van der Waals surface area contributed by atoms with Crippen LogP contribution in [0.3, 0.4) is 0 Å². The van der Waals surface area contributed by atoms with Gasteiger partial charge in [-0.2, -0.15) is 11.8 Å². The molecule has 0 bridgehead atoms. The van der Waals surface area contributed by atoms with Crippen molar-refractivity contribution in [1.29, 1.82) is 0 Å². The van der Waals surface area contributed by atoms with Gasteiger partial charge in [-0.3, -0.25) is 4.90 Å². The highest BCUT2D eigenvalue weighted by Gasteiger charge is 2.36. The summed E-state index contributed by atoms with van der Waals surface area (Å²) in [6.07, 6.45) is 5.97. The summed E-state index contributed by atoms with van der Waals surface area (Å²) in [6, 6.07) is 0.654. The summed E-state index contributed by atoms with van der Waals surface area (Å²) in [6.45, 7) is 4.47. The predicted octanol–water partition coefficient (Wildman–Crippen LogP) is 2.18. The number of thioether (sulfide) groups is 1. The molecule has 1 atom stereocenters. The summed E-state index contributed by atoms with van der Waals surface area (Å²) in [5, 5.41) is 0. The van der Waals surface area contributed by atoms with Crippen molar-refractivity contribution in [3.8, 4) is 0 Å². The van der Waals surface area contributed by atoms with Gasteiger partial charge in [0.2, 0.25) is 0 Å². The van der Waals surface area contributed by atoms with E-state index in [4.69, 9.17) is 0 Å². The SMILES string of the molecule is CC1CSCCN1CC1(C=O)CCCC1. The Kier molecular flexibility index (Phi) is 3.73. The number of hydrogen-bond donors (Lipinski definition) is 0. The lowest BCUT2D eigenvalue weighted by molar-refractivity contribution is -0.117. The quantitative estimate of drug-likeness (QED) is 0.689. The molecule has 1 aliphatic heterocycles. The highest BCUT2D eigenvalue weighted by Crippen LogP contribution is 2.37. The molecule has 1 saturated carbocycles. The lowest BCUT2D eigenvalue weighted by Gasteiger charge is -2.38. The fourth-order valence-electron chi connectivity index (χ4n) is 2.79. The maximum absolute atomic E-state index is 11.3. The molecule has 86 valence electrons. The van der Waals surface area contributed by atoms with Gasteiger partial charge in [-0.15, -0.1) is 0 Å². The van der Waals surface area contributed by atoms with Crippen molar-refractivity contribution >= 4 is 18.0 Å². The van der Waals surface area contributed by atoms with E-state index in [0.29, 0.717) is 6.04 Å². The van der Waals surface area contributed by atoms with E-state index in [0.717, 1.165) is 19.4 Å². The molecule has 0 aromatic carbocycles. The minimum absolute atomic E-state index is 0.0102. The predicted molar refractivity (Wildman–Crippen MR) is 65.3 cm³/mol. The van der Waals surface area contributed by atoms with Crippen LogP contribution in [0.1, 0.15) is 32.6 Å². The Balaban J connectivity index is 1.96. The number of carbonyl (C=O) groups excluding carboxylic acids is 1. The topological polar surface area (TPSA) is 20.3 Å². The van der Waals surface area contributed by atoms with Gasteiger partial charge in [0.05, 0.1) is 0 Å². The summed E-state index contributed by atoms with van der Waals surface area (Å²) in [4.78, 5) is 13.8. The van der Waals surface area contributed by atoms with E-state index in [2.05, 4.69) is 11.8 Å². The van der Waals surface area contributed by atoms with E-state index in [1.165, 1.54) is 37.2 Å². The van der Waals surface area contributed by atoms with Crippen molar-refractivity contribution in [2.45, 2.75) is 38.6 Å². The largest absolute Gasteiger partial charge is 0.303 e. The highest BCUT2D eigenvalue weighted by atomic mass is 32.2. The van der Waals surface area contributed by atoms with Crippen LogP contribution in [0.25, 0.3) is 0 Å². The third-order valence-corrected chi connectivity index (χ3v) is 5.06. The van der Waals surface area contributed by atoms with Crippen LogP contribution in [-0.2, 0) is 4.79 Å². The molecule has 15 heavy (non-hydrogen) atoms. The zero-order chi connectivity index (χ0) is 10.7. The van der Waals surface area contributed by atoms with E-state index < -0.39 is 0 Å². The van der Waals surface area contributed by atoms with Gasteiger partial charge in [-0.1, -0.05) is 12.8 Å². The van der Waals surface area contributed by atoms with Gasteiger partial charge in [0.25, 0.3) is 0 Å². The minimum atomic E-state index is 0.0102.